The van der Waals surface area contributed by atoms with Crippen molar-refractivity contribution in [3.8, 4) is 5.75 Å². The number of halogens is 3. The third kappa shape index (κ3) is 6.44. The molecule has 3 aromatic rings. The van der Waals surface area contributed by atoms with Gasteiger partial charge in [-0.05, 0) is 62.2 Å². The van der Waals surface area contributed by atoms with Crippen LogP contribution in [0.2, 0.25) is 15.1 Å². The molecule has 1 heterocycles. The number of benzene rings is 2. The Bertz CT molecular complexity index is 1160. The van der Waals surface area contributed by atoms with Gasteiger partial charge in [0.15, 0.2) is 17.1 Å². The lowest BCUT2D eigenvalue weighted by Gasteiger charge is -2.17. The molecular formula is C23H23Cl3N4O2S. The molecule has 1 aromatic heterocycles. The van der Waals surface area contributed by atoms with Crippen molar-refractivity contribution in [1.82, 2.24) is 14.8 Å². The van der Waals surface area contributed by atoms with Crippen LogP contribution < -0.4 is 10.1 Å². The molecule has 0 spiro atoms. The summed E-state index contributed by atoms with van der Waals surface area (Å²) in [5.41, 5.74) is 2.45. The lowest BCUT2D eigenvalue weighted by molar-refractivity contribution is -0.113. The van der Waals surface area contributed by atoms with E-state index < -0.39 is 0 Å². The van der Waals surface area contributed by atoms with Crippen LogP contribution in [0.15, 0.2) is 48.1 Å². The molecule has 0 bridgehead atoms. The molecular weight excluding hydrogens is 503 g/mol. The summed E-state index contributed by atoms with van der Waals surface area (Å²) in [4.78, 5) is 12.4. The topological polar surface area (TPSA) is 69.0 Å². The third-order valence-electron chi connectivity index (χ3n) is 4.68. The van der Waals surface area contributed by atoms with Crippen molar-refractivity contribution in [2.75, 3.05) is 11.1 Å². The Morgan fingerprint density at radius 3 is 2.52 bits per heavy atom. The van der Waals surface area contributed by atoms with Gasteiger partial charge < -0.3 is 10.1 Å². The molecule has 1 N–H and O–H groups in total. The van der Waals surface area contributed by atoms with E-state index in [2.05, 4.69) is 22.1 Å². The number of amides is 1. The zero-order valence-corrected chi connectivity index (χ0v) is 21.4. The van der Waals surface area contributed by atoms with Gasteiger partial charge in [-0.2, -0.15) is 0 Å². The van der Waals surface area contributed by atoms with Gasteiger partial charge in [0.2, 0.25) is 5.91 Å². The highest BCUT2D eigenvalue weighted by Crippen LogP contribution is 2.30. The SMILES string of the molecule is C=CCn1c(SCC(=O)Nc2ccc(Cl)c(Cl)c2)nnc1C(C)Oc1cc(C)c(Cl)c(C)c1. The van der Waals surface area contributed by atoms with E-state index in [0.29, 0.717) is 39.0 Å². The lowest BCUT2D eigenvalue weighted by atomic mass is 10.1. The van der Waals surface area contributed by atoms with E-state index in [4.69, 9.17) is 39.5 Å². The second-order valence-corrected chi connectivity index (χ2v) is 9.47. The molecule has 0 fully saturated rings. The van der Waals surface area contributed by atoms with E-state index >= 15 is 0 Å². The Balaban J connectivity index is 1.70. The largest absolute Gasteiger partial charge is 0.483 e. The number of allylic oxidation sites excluding steroid dienone is 1. The maximum absolute atomic E-state index is 12.4. The fraction of sp³-hybridized carbons (Fsp3) is 0.261. The normalized spacial score (nSPS) is 11.8. The number of hydrogen-bond donors (Lipinski definition) is 1. The van der Waals surface area contributed by atoms with E-state index in [1.807, 2.05) is 37.5 Å². The van der Waals surface area contributed by atoms with Crippen LogP contribution in [-0.2, 0) is 11.3 Å². The van der Waals surface area contributed by atoms with Crippen molar-refractivity contribution in [1.29, 1.82) is 0 Å². The van der Waals surface area contributed by atoms with E-state index in [9.17, 15) is 4.79 Å². The highest BCUT2D eigenvalue weighted by molar-refractivity contribution is 7.99. The summed E-state index contributed by atoms with van der Waals surface area (Å²) in [6.07, 6.45) is 1.37. The summed E-state index contributed by atoms with van der Waals surface area (Å²) in [7, 11) is 0. The van der Waals surface area contributed by atoms with E-state index in [-0.39, 0.29) is 17.8 Å². The van der Waals surface area contributed by atoms with Gasteiger partial charge in [0.05, 0.1) is 15.8 Å². The molecule has 0 saturated heterocycles. The van der Waals surface area contributed by atoms with Gasteiger partial charge in [-0.25, -0.2) is 0 Å². The van der Waals surface area contributed by atoms with Crippen molar-refractivity contribution >= 4 is 58.2 Å². The number of anilines is 1. The number of thioether (sulfide) groups is 1. The van der Waals surface area contributed by atoms with Crippen molar-refractivity contribution in [3.63, 3.8) is 0 Å². The van der Waals surface area contributed by atoms with E-state index in [1.54, 1.807) is 24.3 Å². The number of aromatic nitrogens is 3. The molecule has 0 aliphatic carbocycles. The Labute approximate surface area is 212 Å². The Kier molecular flexibility index (Phi) is 8.70. The maximum Gasteiger partial charge on any atom is 0.234 e. The molecule has 1 atom stereocenters. The van der Waals surface area contributed by atoms with Crippen LogP contribution >= 0.6 is 46.6 Å². The fourth-order valence-corrected chi connectivity index (χ4v) is 4.30. The van der Waals surface area contributed by atoms with Crippen LogP contribution in [0.3, 0.4) is 0 Å². The molecule has 1 amide bonds. The maximum atomic E-state index is 12.4. The Morgan fingerprint density at radius 1 is 1.18 bits per heavy atom. The minimum absolute atomic E-state index is 0.139. The van der Waals surface area contributed by atoms with Gasteiger partial charge in [-0.3, -0.25) is 9.36 Å². The number of ether oxygens (including phenoxy) is 1. The minimum atomic E-state index is -0.378. The molecule has 174 valence electrons. The van der Waals surface area contributed by atoms with Crippen molar-refractivity contribution in [2.45, 2.75) is 38.6 Å². The smallest absolute Gasteiger partial charge is 0.234 e. The third-order valence-corrected chi connectivity index (χ3v) is 6.98. The van der Waals surface area contributed by atoms with Gasteiger partial charge >= 0.3 is 0 Å². The Morgan fingerprint density at radius 2 is 1.88 bits per heavy atom. The highest BCUT2D eigenvalue weighted by atomic mass is 35.5. The second-order valence-electron chi connectivity index (χ2n) is 7.34. The van der Waals surface area contributed by atoms with Gasteiger partial charge in [0.25, 0.3) is 0 Å². The number of rotatable bonds is 9. The van der Waals surface area contributed by atoms with Gasteiger partial charge in [0.1, 0.15) is 5.75 Å². The van der Waals surface area contributed by atoms with E-state index in [1.165, 1.54) is 11.8 Å². The summed E-state index contributed by atoms with van der Waals surface area (Å²) in [5, 5.41) is 13.5. The zero-order chi connectivity index (χ0) is 24.1. The predicted octanol–water partition coefficient (Wildman–Crippen LogP) is 6.91. The van der Waals surface area contributed by atoms with Crippen LogP contribution in [0.1, 0.15) is 30.0 Å². The molecule has 0 aliphatic heterocycles. The van der Waals surface area contributed by atoms with Crippen LogP contribution in [0.5, 0.6) is 5.75 Å². The average molecular weight is 526 g/mol. The van der Waals surface area contributed by atoms with Gasteiger partial charge in [-0.1, -0.05) is 52.6 Å². The molecule has 0 radical (unpaired) electrons. The zero-order valence-electron chi connectivity index (χ0n) is 18.4. The van der Waals surface area contributed by atoms with Gasteiger partial charge in [-0.15, -0.1) is 16.8 Å². The van der Waals surface area contributed by atoms with Crippen LogP contribution in [-0.4, -0.2) is 26.4 Å². The standard InChI is InChI=1S/C23H23Cl3N4O2S/c1-5-8-30-22(15(4)32-17-9-13(2)21(26)14(3)10-17)28-29-23(30)33-12-20(31)27-16-6-7-18(24)19(25)11-16/h5-7,9-11,15H,1,8,12H2,2-4H3,(H,27,31). The first-order valence-corrected chi connectivity index (χ1v) is 12.2. The second kappa shape index (κ2) is 11.3. The summed E-state index contributed by atoms with van der Waals surface area (Å²) in [5.74, 6) is 1.27. The first-order chi connectivity index (χ1) is 15.7. The number of hydrogen-bond acceptors (Lipinski definition) is 5. The molecule has 0 saturated carbocycles. The Hall–Kier alpha value is -2.19. The molecule has 33 heavy (non-hydrogen) atoms. The van der Waals surface area contributed by atoms with Gasteiger partial charge in [0, 0.05) is 17.3 Å². The summed E-state index contributed by atoms with van der Waals surface area (Å²) < 4.78 is 7.99. The number of carbonyl (C=O) groups is 1. The molecule has 1 unspecified atom stereocenters. The number of nitrogens with zero attached hydrogens (tertiary/aromatic N) is 3. The quantitative estimate of drug-likeness (QED) is 0.243. The lowest BCUT2D eigenvalue weighted by Crippen LogP contribution is -2.15. The molecule has 10 heteroatoms. The molecule has 2 aromatic carbocycles. The number of nitrogens with one attached hydrogen (secondary N) is 1. The molecule has 0 aliphatic rings. The first-order valence-electron chi connectivity index (χ1n) is 10.0. The highest BCUT2D eigenvalue weighted by Gasteiger charge is 2.20. The first kappa shape index (κ1) is 25.4. The summed E-state index contributed by atoms with van der Waals surface area (Å²) >= 11 is 19.4. The monoisotopic (exact) mass is 524 g/mol. The summed E-state index contributed by atoms with van der Waals surface area (Å²) in [6.45, 7) is 10.1. The predicted molar refractivity (Wildman–Crippen MR) is 136 cm³/mol. The van der Waals surface area contributed by atoms with Crippen molar-refractivity contribution < 1.29 is 9.53 Å². The van der Waals surface area contributed by atoms with Crippen molar-refractivity contribution in [3.05, 3.63) is 75.0 Å². The average Bonchev–Trinajstić information content (AvgIpc) is 3.16. The van der Waals surface area contributed by atoms with Crippen LogP contribution in [0, 0.1) is 13.8 Å². The van der Waals surface area contributed by atoms with Crippen LogP contribution in [0.25, 0.3) is 0 Å². The van der Waals surface area contributed by atoms with Crippen LogP contribution in [0.4, 0.5) is 5.69 Å². The molecule has 6 nitrogen and oxygen atoms in total. The summed E-state index contributed by atoms with van der Waals surface area (Å²) in [6, 6.07) is 8.70. The van der Waals surface area contributed by atoms with E-state index in [0.717, 1.165) is 16.1 Å². The number of aryl methyl sites for hydroxylation is 2. The number of carbonyl (C=O) groups excluding carboxylic acids is 1. The van der Waals surface area contributed by atoms with Crippen molar-refractivity contribution in [2.24, 2.45) is 0 Å². The fourth-order valence-electron chi connectivity index (χ4n) is 3.14. The molecule has 3 rings (SSSR count). The minimum Gasteiger partial charge on any atom is -0.483 e.